The minimum Gasteiger partial charge on any atom is -0.388 e. The lowest BCUT2D eigenvalue weighted by Crippen LogP contribution is -2.42. The summed E-state index contributed by atoms with van der Waals surface area (Å²) in [5, 5.41) is 3.03. The van der Waals surface area contributed by atoms with Crippen LogP contribution in [0.15, 0.2) is 24.3 Å². The molecular formula is C13H20N2O. The first-order chi connectivity index (χ1) is 7.36. The molecule has 0 aliphatic heterocycles. The van der Waals surface area contributed by atoms with E-state index in [1.54, 1.807) is 4.90 Å². The normalized spacial score (nSPS) is 11.1. The first-order valence-corrected chi connectivity index (χ1v) is 5.42. The largest absolute Gasteiger partial charge is 0.388 e. The molecule has 1 aromatic carbocycles. The fourth-order valence-electron chi connectivity index (χ4n) is 1.31. The van der Waals surface area contributed by atoms with Gasteiger partial charge in [-0.25, -0.2) is 0 Å². The summed E-state index contributed by atoms with van der Waals surface area (Å²) in [6.45, 7) is 6.06. The van der Waals surface area contributed by atoms with E-state index in [0.29, 0.717) is 5.56 Å². The van der Waals surface area contributed by atoms with E-state index in [2.05, 4.69) is 5.32 Å². The van der Waals surface area contributed by atoms with Crippen LogP contribution in [0.4, 0.5) is 5.69 Å². The average molecular weight is 220 g/mol. The molecule has 0 spiro atoms. The number of carbonyl (C=O) groups excluding carboxylic acids is 1. The van der Waals surface area contributed by atoms with Crippen molar-refractivity contribution in [2.45, 2.75) is 26.3 Å². The van der Waals surface area contributed by atoms with Crippen molar-refractivity contribution >= 4 is 11.6 Å². The molecule has 1 rings (SSSR count). The Morgan fingerprint density at radius 2 is 1.94 bits per heavy atom. The summed E-state index contributed by atoms with van der Waals surface area (Å²) in [6.07, 6.45) is 0. The SMILES string of the molecule is CNc1cccc(C(=O)N(C)C(C)(C)C)c1. The molecule has 0 aliphatic carbocycles. The standard InChI is InChI=1S/C13H20N2O/c1-13(2,3)15(5)12(16)10-7-6-8-11(9-10)14-4/h6-9,14H,1-5H3. The van der Waals surface area contributed by atoms with Crippen LogP contribution in [0.1, 0.15) is 31.1 Å². The third-order valence-corrected chi connectivity index (χ3v) is 2.71. The number of nitrogens with one attached hydrogen (secondary N) is 1. The van der Waals surface area contributed by atoms with Gasteiger partial charge in [-0.05, 0) is 39.0 Å². The van der Waals surface area contributed by atoms with E-state index in [0.717, 1.165) is 5.69 Å². The number of amides is 1. The van der Waals surface area contributed by atoms with Crippen LogP contribution in [0.3, 0.4) is 0 Å². The van der Waals surface area contributed by atoms with E-state index in [1.807, 2.05) is 59.1 Å². The molecule has 88 valence electrons. The first-order valence-electron chi connectivity index (χ1n) is 5.42. The Morgan fingerprint density at radius 3 is 2.44 bits per heavy atom. The van der Waals surface area contributed by atoms with Gasteiger partial charge < -0.3 is 10.2 Å². The molecule has 0 unspecified atom stereocenters. The maximum absolute atomic E-state index is 12.2. The third-order valence-electron chi connectivity index (χ3n) is 2.71. The van der Waals surface area contributed by atoms with Crippen molar-refractivity contribution in [3.8, 4) is 0 Å². The topological polar surface area (TPSA) is 32.3 Å². The highest BCUT2D eigenvalue weighted by Gasteiger charge is 2.23. The van der Waals surface area contributed by atoms with E-state index in [9.17, 15) is 4.79 Å². The molecule has 1 aromatic rings. The number of anilines is 1. The van der Waals surface area contributed by atoms with Gasteiger partial charge >= 0.3 is 0 Å². The van der Waals surface area contributed by atoms with E-state index >= 15 is 0 Å². The van der Waals surface area contributed by atoms with E-state index < -0.39 is 0 Å². The third kappa shape index (κ3) is 2.75. The van der Waals surface area contributed by atoms with Crippen LogP contribution < -0.4 is 5.32 Å². The predicted octanol–water partition coefficient (Wildman–Crippen LogP) is 2.60. The van der Waals surface area contributed by atoms with Crippen LogP contribution in [0.25, 0.3) is 0 Å². The van der Waals surface area contributed by atoms with Gasteiger partial charge in [-0.3, -0.25) is 4.79 Å². The van der Waals surface area contributed by atoms with Gasteiger partial charge in [0.2, 0.25) is 0 Å². The molecule has 1 N–H and O–H groups in total. The number of nitrogens with zero attached hydrogens (tertiary/aromatic N) is 1. The van der Waals surface area contributed by atoms with E-state index in [-0.39, 0.29) is 11.4 Å². The number of rotatable bonds is 2. The van der Waals surface area contributed by atoms with Crippen molar-refractivity contribution in [3.63, 3.8) is 0 Å². The van der Waals surface area contributed by atoms with Crippen LogP contribution in [0.2, 0.25) is 0 Å². The highest BCUT2D eigenvalue weighted by Crippen LogP contribution is 2.17. The monoisotopic (exact) mass is 220 g/mol. The lowest BCUT2D eigenvalue weighted by atomic mass is 10.0. The fraction of sp³-hybridized carbons (Fsp3) is 0.462. The lowest BCUT2D eigenvalue weighted by molar-refractivity contribution is 0.0656. The summed E-state index contributed by atoms with van der Waals surface area (Å²) >= 11 is 0. The molecule has 3 heteroatoms. The zero-order valence-electron chi connectivity index (χ0n) is 10.7. The van der Waals surface area contributed by atoms with Gasteiger partial charge in [0, 0.05) is 30.9 Å². The van der Waals surface area contributed by atoms with Crippen molar-refractivity contribution in [2.24, 2.45) is 0 Å². The molecule has 1 amide bonds. The second-order valence-corrected chi connectivity index (χ2v) is 4.87. The minimum absolute atomic E-state index is 0.0459. The predicted molar refractivity (Wildman–Crippen MR) is 67.8 cm³/mol. The molecule has 3 nitrogen and oxygen atoms in total. The first kappa shape index (κ1) is 12.6. The van der Waals surface area contributed by atoms with Gasteiger partial charge in [-0.1, -0.05) is 6.07 Å². The van der Waals surface area contributed by atoms with E-state index in [4.69, 9.17) is 0 Å². The summed E-state index contributed by atoms with van der Waals surface area (Å²) in [7, 11) is 3.67. The Kier molecular flexibility index (Phi) is 3.58. The van der Waals surface area contributed by atoms with Crippen molar-refractivity contribution in [2.75, 3.05) is 19.4 Å². The Hall–Kier alpha value is -1.51. The summed E-state index contributed by atoms with van der Waals surface area (Å²) in [4.78, 5) is 13.9. The summed E-state index contributed by atoms with van der Waals surface area (Å²) in [5.41, 5.74) is 1.50. The van der Waals surface area contributed by atoms with Gasteiger partial charge in [0.15, 0.2) is 0 Å². The van der Waals surface area contributed by atoms with Gasteiger partial charge in [0.25, 0.3) is 5.91 Å². The molecule has 0 aromatic heterocycles. The second kappa shape index (κ2) is 4.56. The molecule has 0 bridgehead atoms. The van der Waals surface area contributed by atoms with Crippen molar-refractivity contribution in [1.82, 2.24) is 4.90 Å². The Bertz CT molecular complexity index is 380. The second-order valence-electron chi connectivity index (χ2n) is 4.87. The van der Waals surface area contributed by atoms with Gasteiger partial charge in [0.1, 0.15) is 0 Å². The molecule has 0 atom stereocenters. The molecule has 16 heavy (non-hydrogen) atoms. The molecule has 0 aliphatic rings. The van der Waals surface area contributed by atoms with Crippen molar-refractivity contribution in [1.29, 1.82) is 0 Å². The van der Waals surface area contributed by atoms with Gasteiger partial charge in [-0.15, -0.1) is 0 Å². The van der Waals surface area contributed by atoms with Crippen LogP contribution >= 0.6 is 0 Å². The number of carbonyl (C=O) groups is 1. The Morgan fingerprint density at radius 1 is 1.31 bits per heavy atom. The number of hydrogen-bond acceptors (Lipinski definition) is 2. The zero-order chi connectivity index (χ0) is 12.3. The molecule has 0 fully saturated rings. The summed E-state index contributed by atoms with van der Waals surface area (Å²) in [5.74, 6) is 0.0459. The van der Waals surface area contributed by atoms with Crippen molar-refractivity contribution < 1.29 is 4.79 Å². The molecule has 0 radical (unpaired) electrons. The lowest BCUT2D eigenvalue weighted by Gasteiger charge is -2.32. The molecule has 0 heterocycles. The van der Waals surface area contributed by atoms with Crippen LogP contribution in [-0.4, -0.2) is 30.4 Å². The van der Waals surface area contributed by atoms with Gasteiger partial charge in [-0.2, -0.15) is 0 Å². The number of hydrogen-bond donors (Lipinski definition) is 1. The molecule has 0 saturated heterocycles. The van der Waals surface area contributed by atoms with Crippen LogP contribution in [0, 0.1) is 0 Å². The van der Waals surface area contributed by atoms with E-state index in [1.165, 1.54) is 0 Å². The highest BCUT2D eigenvalue weighted by atomic mass is 16.2. The van der Waals surface area contributed by atoms with Crippen molar-refractivity contribution in [3.05, 3.63) is 29.8 Å². The van der Waals surface area contributed by atoms with Crippen LogP contribution in [-0.2, 0) is 0 Å². The Balaban J connectivity index is 2.96. The summed E-state index contributed by atoms with van der Waals surface area (Å²) < 4.78 is 0. The van der Waals surface area contributed by atoms with Crippen LogP contribution in [0.5, 0.6) is 0 Å². The molecular weight excluding hydrogens is 200 g/mol. The van der Waals surface area contributed by atoms with Gasteiger partial charge in [0.05, 0.1) is 0 Å². The highest BCUT2D eigenvalue weighted by molar-refractivity contribution is 5.95. The fourth-order valence-corrected chi connectivity index (χ4v) is 1.31. The Labute approximate surface area is 97.5 Å². The smallest absolute Gasteiger partial charge is 0.254 e. The zero-order valence-corrected chi connectivity index (χ0v) is 10.7. The summed E-state index contributed by atoms with van der Waals surface area (Å²) in [6, 6.07) is 7.53. The average Bonchev–Trinajstić information content (AvgIpc) is 2.26. The molecule has 0 saturated carbocycles. The quantitative estimate of drug-likeness (QED) is 0.831. The maximum Gasteiger partial charge on any atom is 0.254 e. The number of benzene rings is 1. The minimum atomic E-state index is -0.160. The maximum atomic E-state index is 12.2.